The normalized spacial score (nSPS) is 13.0. The van der Waals surface area contributed by atoms with Crippen molar-refractivity contribution in [3.63, 3.8) is 0 Å². The smallest absolute Gasteiger partial charge is 0.265 e. The van der Waals surface area contributed by atoms with Crippen LogP contribution in [0.25, 0.3) is 10.8 Å². The van der Waals surface area contributed by atoms with Crippen molar-refractivity contribution < 1.29 is 14.4 Å². The van der Waals surface area contributed by atoms with Crippen LogP contribution in [0.15, 0.2) is 78.9 Å². The van der Waals surface area contributed by atoms with Gasteiger partial charge in [-0.05, 0) is 65.3 Å². The zero-order valence-corrected chi connectivity index (χ0v) is 24.5. The molecule has 4 aromatic rings. The van der Waals surface area contributed by atoms with Gasteiger partial charge in [0.25, 0.3) is 11.8 Å². The van der Waals surface area contributed by atoms with E-state index in [1.165, 1.54) is 4.90 Å². The second kappa shape index (κ2) is 12.2. The molecule has 5 rings (SSSR count). The molecule has 1 heterocycles. The average Bonchev–Trinajstić information content (AvgIpc) is 2.98. The van der Waals surface area contributed by atoms with Crippen LogP contribution < -0.4 is 21.3 Å². The van der Waals surface area contributed by atoms with E-state index in [1.807, 2.05) is 48.5 Å². The Hall–Kier alpha value is -4.49. The molecule has 4 N–H and O–H groups in total. The fourth-order valence-electron chi connectivity index (χ4n) is 5.28. The van der Waals surface area contributed by atoms with Gasteiger partial charge < -0.3 is 16.4 Å². The lowest BCUT2D eigenvalue weighted by Gasteiger charge is -2.28. The number of nitrogens with zero attached hydrogens (tertiary/aromatic N) is 1. The summed E-state index contributed by atoms with van der Waals surface area (Å²) in [5.74, 6) is -0.680. The van der Waals surface area contributed by atoms with Crippen LogP contribution >= 0.6 is 0 Å². The topological polar surface area (TPSA) is 105 Å². The van der Waals surface area contributed by atoms with Crippen LogP contribution in [-0.4, -0.2) is 24.3 Å². The van der Waals surface area contributed by atoms with Crippen molar-refractivity contribution in [3.8, 4) is 0 Å². The van der Waals surface area contributed by atoms with E-state index < -0.39 is 0 Å². The molecule has 0 radical (unpaired) electrons. The maximum atomic E-state index is 13.7. The first-order chi connectivity index (χ1) is 20.1. The van der Waals surface area contributed by atoms with E-state index in [-0.39, 0.29) is 23.1 Å². The van der Waals surface area contributed by atoms with Crippen LogP contribution in [0.1, 0.15) is 71.0 Å². The third-order valence-electron chi connectivity index (χ3n) is 7.65. The number of imide groups is 1. The summed E-state index contributed by atoms with van der Waals surface area (Å²) in [4.78, 5) is 40.8. The molecule has 0 aliphatic carbocycles. The highest BCUT2D eigenvalue weighted by molar-refractivity contribution is 6.36. The molecule has 3 amide bonds. The van der Waals surface area contributed by atoms with E-state index in [2.05, 4.69) is 37.5 Å². The summed E-state index contributed by atoms with van der Waals surface area (Å²) < 4.78 is 0. The molecule has 0 aromatic heterocycles. The molecule has 0 spiro atoms. The first-order valence-electron chi connectivity index (χ1n) is 14.5. The minimum absolute atomic E-state index is 0.0207. The minimum atomic E-state index is -0.350. The highest BCUT2D eigenvalue weighted by Gasteiger charge is 2.34. The van der Waals surface area contributed by atoms with E-state index in [1.54, 1.807) is 24.3 Å². The SMILES string of the molecule is CC(C)(C)CCNC(=O)CCc1ccc(N2C(=O)c3cccc4c(NCc5cccc(CN)c5)ccc(c34)C2=O)cc1. The molecule has 1 aliphatic heterocycles. The summed E-state index contributed by atoms with van der Waals surface area (Å²) in [5, 5.41) is 7.95. The number of hydrogen-bond donors (Lipinski definition) is 3. The summed E-state index contributed by atoms with van der Waals surface area (Å²) in [5.41, 5.74) is 11.4. The Morgan fingerprint density at radius 1 is 0.833 bits per heavy atom. The molecule has 7 heteroatoms. The van der Waals surface area contributed by atoms with Gasteiger partial charge in [-0.1, -0.05) is 69.3 Å². The minimum Gasteiger partial charge on any atom is -0.380 e. The third kappa shape index (κ3) is 6.37. The van der Waals surface area contributed by atoms with Crippen molar-refractivity contribution >= 4 is 39.9 Å². The molecule has 0 fully saturated rings. The summed E-state index contributed by atoms with van der Waals surface area (Å²) in [6.07, 6.45) is 1.89. The van der Waals surface area contributed by atoms with Gasteiger partial charge in [-0.2, -0.15) is 0 Å². The first kappa shape index (κ1) is 29.0. The summed E-state index contributed by atoms with van der Waals surface area (Å²) in [6, 6.07) is 24.6. The standard InChI is InChI=1S/C35H38N4O3/c1-35(2,3)18-19-37-31(40)17-12-23-10-13-26(14-11-23)39-33(41)28-9-5-8-27-30(16-15-29(32(27)28)34(39)42)38-22-25-7-4-6-24(20-25)21-36/h4-11,13-16,20,38H,12,17-19,21-22,36H2,1-3H3,(H,37,40). The van der Waals surface area contributed by atoms with Gasteiger partial charge >= 0.3 is 0 Å². The van der Waals surface area contributed by atoms with Gasteiger partial charge in [0.15, 0.2) is 0 Å². The Bertz CT molecular complexity index is 1610. The van der Waals surface area contributed by atoms with Gasteiger partial charge in [0.2, 0.25) is 5.91 Å². The number of benzene rings is 4. The van der Waals surface area contributed by atoms with Crippen molar-refractivity contribution in [1.82, 2.24) is 5.32 Å². The van der Waals surface area contributed by atoms with Crippen LogP contribution in [0.4, 0.5) is 11.4 Å². The van der Waals surface area contributed by atoms with Gasteiger partial charge in [0.1, 0.15) is 0 Å². The van der Waals surface area contributed by atoms with E-state index in [0.717, 1.165) is 34.2 Å². The highest BCUT2D eigenvalue weighted by Crippen LogP contribution is 2.36. The quantitative estimate of drug-likeness (QED) is 0.200. The van der Waals surface area contributed by atoms with Crippen molar-refractivity contribution in [1.29, 1.82) is 0 Å². The van der Waals surface area contributed by atoms with Crippen LogP contribution in [0.5, 0.6) is 0 Å². The zero-order chi connectivity index (χ0) is 29.9. The summed E-state index contributed by atoms with van der Waals surface area (Å²) >= 11 is 0. The van der Waals surface area contributed by atoms with Crippen molar-refractivity contribution in [2.45, 2.75) is 53.1 Å². The second-order valence-electron chi connectivity index (χ2n) is 12.0. The lowest BCUT2D eigenvalue weighted by atomic mass is 9.92. The molecular weight excluding hydrogens is 524 g/mol. The molecule has 0 bridgehead atoms. The summed E-state index contributed by atoms with van der Waals surface area (Å²) in [7, 11) is 0. The maximum absolute atomic E-state index is 13.7. The third-order valence-corrected chi connectivity index (χ3v) is 7.65. The number of carbonyl (C=O) groups excluding carboxylic acids is 3. The van der Waals surface area contributed by atoms with Crippen molar-refractivity contribution in [2.24, 2.45) is 11.1 Å². The number of anilines is 2. The Labute approximate surface area is 247 Å². The van der Waals surface area contributed by atoms with Crippen LogP contribution in [0.3, 0.4) is 0 Å². The number of aryl methyl sites for hydroxylation is 1. The van der Waals surface area contributed by atoms with Crippen molar-refractivity contribution in [2.75, 3.05) is 16.8 Å². The molecule has 0 saturated carbocycles. The number of rotatable bonds is 10. The second-order valence-corrected chi connectivity index (χ2v) is 12.0. The highest BCUT2D eigenvalue weighted by atomic mass is 16.2. The predicted octanol–water partition coefficient (Wildman–Crippen LogP) is 6.20. The number of carbonyl (C=O) groups is 3. The van der Waals surface area contributed by atoms with Gasteiger partial charge in [0.05, 0.1) is 5.69 Å². The Balaban J connectivity index is 1.30. The Morgan fingerprint density at radius 2 is 1.52 bits per heavy atom. The van der Waals surface area contributed by atoms with Gasteiger partial charge in [-0.25, -0.2) is 4.90 Å². The fourth-order valence-corrected chi connectivity index (χ4v) is 5.28. The molecule has 0 saturated heterocycles. The van der Waals surface area contributed by atoms with Crippen LogP contribution in [0, 0.1) is 5.41 Å². The molecular formula is C35H38N4O3. The van der Waals surface area contributed by atoms with Crippen molar-refractivity contribution in [3.05, 3.63) is 107 Å². The number of hydrogen-bond acceptors (Lipinski definition) is 5. The fraction of sp³-hybridized carbons (Fsp3) is 0.286. The number of amides is 3. The van der Waals surface area contributed by atoms with Crippen LogP contribution in [-0.2, 0) is 24.3 Å². The first-order valence-corrected chi connectivity index (χ1v) is 14.5. The molecule has 4 aromatic carbocycles. The number of nitrogens with one attached hydrogen (secondary N) is 2. The lowest BCUT2D eigenvalue weighted by molar-refractivity contribution is -0.121. The molecule has 216 valence electrons. The van der Waals surface area contributed by atoms with E-state index in [9.17, 15) is 14.4 Å². The predicted molar refractivity (Wildman–Crippen MR) is 169 cm³/mol. The molecule has 0 unspecified atom stereocenters. The largest absolute Gasteiger partial charge is 0.380 e. The number of nitrogens with two attached hydrogens (primary N) is 1. The van der Waals surface area contributed by atoms with E-state index in [4.69, 9.17) is 5.73 Å². The average molecular weight is 563 g/mol. The summed E-state index contributed by atoms with van der Waals surface area (Å²) in [6.45, 7) is 8.18. The molecule has 1 aliphatic rings. The molecule has 42 heavy (non-hydrogen) atoms. The van der Waals surface area contributed by atoms with E-state index in [0.29, 0.717) is 54.7 Å². The van der Waals surface area contributed by atoms with E-state index >= 15 is 0 Å². The molecule has 0 atom stereocenters. The van der Waals surface area contributed by atoms with Crippen LogP contribution in [0.2, 0.25) is 0 Å². The molecule has 7 nitrogen and oxygen atoms in total. The van der Waals surface area contributed by atoms with Gasteiger partial charge in [-0.15, -0.1) is 0 Å². The lowest BCUT2D eigenvalue weighted by Crippen LogP contribution is -2.40. The monoisotopic (exact) mass is 562 g/mol. The van der Waals surface area contributed by atoms with Gasteiger partial charge in [0, 0.05) is 53.6 Å². The Morgan fingerprint density at radius 3 is 2.24 bits per heavy atom. The maximum Gasteiger partial charge on any atom is 0.265 e. The van der Waals surface area contributed by atoms with Gasteiger partial charge in [-0.3, -0.25) is 14.4 Å². The zero-order valence-electron chi connectivity index (χ0n) is 24.5. The Kier molecular flexibility index (Phi) is 8.41.